The summed E-state index contributed by atoms with van der Waals surface area (Å²) >= 11 is 0. The standard InChI is InChI=1S/C4H9NO.C2H6.C2H5.CH4.CH3.2Rb.Re.Rf.Rh/c1-4-5(2)6-3;2*1-2;;;;;;;/h1,3-4H2,2H3;1-2H3;1H2,2H3;1H4;1H3;;;;;/q-2;;-1;;-1;2*+1;;;. The van der Waals surface area contributed by atoms with E-state index in [9.17, 15) is 0 Å². The topological polar surface area (TPSA) is 12.5 Å². The van der Waals surface area contributed by atoms with Crippen LogP contribution in [0.5, 0.6) is 0 Å². The number of nitrogens with zero attached hydrogens (tertiary/aromatic N) is 1. The zero-order valence-electron chi connectivity index (χ0n) is 12.1. The fraction of sp³-hybridized carbons (Fsp3) is 0.600. The summed E-state index contributed by atoms with van der Waals surface area (Å²) < 4.78 is 0. The van der Waals surface area contributed by atoms with Crippen LogP contribution in [0.25, 0.3) is 0 Å². The fourth-order valence-corrected chi connectivity index (χ4v) is 0.0645. The van der Waals surface area contributed by atoms with E-state index in [4.69, 9.17) is 0 Å². The van der Waals surface area contributed by atoms with Crippen molar-refractivity contribution in [1.82, 2.24) is 5.06 Å². The molecule has 0 aliphatic heterocycles. The summed E-state index contributed by atoms with van der Waals surface area (Å²) in [6, 6.07) is 0. The van der Waals surface area contributed by atoms with E-state index in [1.165, 1.54) is 5.06 Å². The van der Waals surface area contributed by atoms with Crippen molar-refractivity contribution in [2.45, 2.75) is 28.2 Å². The van der Waals surface area contributed by atoms with Gasteiger partial charge in [-0.25, -0.2) is 7.11 Å². The van der Waals surface area contributed by atoms with Crippen molar-refractivity contribution in [3.05, 3.63) is 28.4 Å². The minimum absolute atomic E-state index is 0. The van der Waals surface area contributed by atoms with E-state index in [0.29, 0.717) is 6.54 Å². The summed E-state index contributed by atoms with van der Waals surface area (Å²) in [5.41, 5.74) is 0. The first kappa shape index (κ1) is 69.9. The molecule has 0 spiro atoms. The van der Waals surface area contributed by atoms with Crippen LogP contribution in [0.2, 0.25) is 0 Å². The molecule has 100 valence electrons. The second-order valence-electron chi connectivity index (χ2n) is 0.981. The van der Waals surface area contributed by atoms with Gasteiger partial charge in [0.25, 0.3) is 0 Å². The summed E-state index contributed by atoms with van der Waals surface area (Å²) in [4.78, 5) is 4.42. The van der Waals surface area contributed by atoms with Crippen LogP contribution in [0, 0.1) is 28.4 Å². The third-order valence-corrected chi connectivity index (χ3v) is 0.535. The molecular formula is C10H27NORb2ReRfRh-2. The summed E-state index contributed by atoms with van der Waals surface area (Å²) in [6.07, 6.45) is 0. The predicted molar refractivity (Wildman–Crippen MR) is 60.0 cm³/mol. The van der Waals surface area contributed by atoms with E-state index in [1.54, 1.807) is 14.0 Å². The van der Waals surface area contributed by atoms with E-state index in [2.05, 4.69) is 25.8 Å². The molecule has 0 atom stereocenters. The van der Waals surface area contributed by atoms with Gasteiger partial charge in [-0.15, -0.1) is 6.54 Å². The number of rotatable bonds is 2. The second-order valence-corrected chi connectivity index (χ2v) is 0.981. The Labute approximate surface area is 230 Å². The molecule has 7 heteroatoms. The first-order chi connectivity index (χ1) is 4.81. The number of hydrogen-bond acceptors (Lipinski definition) is 2. The molecule has 2 radical (unpaired) electrons. The van der Waals surface area contributed by atoms with Crippen LogP contribution in [0.1, 0.15) is 28.2 Å². The average molecular weight is 904 g/mol. The Hall–Kier alpha value is 3.82. The van der Waals surface area contributed by atoms with Gasteiger partial charge < -0.3 is 26.1 Å². The number of hydrogen-bond donors (Lipinski definition) is 0. The quantitative estimate of drug-likeness (QED) is 0.172. The average Bonchev–Trinajstić information content (AvgIpc) is 2.10. The molecule has 2 nitrogen and oxygen atoms in total. The monoisotopic (exact) mass is 904 g/mol. The van der Waals surface area contributed by atoms with Crippen LogP contribution in [0.15, 0.2) is 0 Å². The van der Waals surface area contributed by atoms with Crippen LogP contribution in [-0.4, -0.2) is 18.7 Å². The molecule has 0 heterocycles. The first-order valence-corrected chi connectivity index (χ1v) is 3.44. The molecule has 17 heavy (non-hydrogen) atoms. The van der Waals surface area contributed by atoms with Crippen molar-refractivity contribution in [2.75, 3.05) is 13.6 Å². The van der Waals surface area contributed by atoms with Gasteiger partial charge in [0.05, 0.1) is 0 Å². The van der Waals surface area contributed by atoms with Gasteiger partial charge in [0, 0.05) is 46.9 Å². The normalized spacial score (nSPS) is 4.24. The zero-order valence-corrected chi connectivity index (χ0v) is 32.7. The van der Waals surface area contributed by atoms with Gasteiger partial charge in [0.15, 0.2) is 0 Å². The Morgan fingerprint density at radius 2 is 1.29 bits per heavy atom. The van der Waals surface area contributed by atoms with Gasteiger partial charge in [-0.1, -0.05) is 21.3 Å². The van der Waals surface area contributed by atoms with Crippen molar-refractivity contribution >= 4 is 0 Å². The van der Waals surface area contributed by atoms with E-state index < -0.39 is 0 Å². The second kappa shape index (κ2) is 90.3. The molecule has 0 amide bonds. The SMILES string of the molecule is C.CC.[CH2-]C.[CH2-]CN(C)O[CH2-].[CH3-].[Rb+].[Rb+].[Re].[Rf].[Rh]. The molecule has 0 rings (SSSR count). The minimum Gasteiger partial charge on any atom is -0.478 e. The third kappa shape index (κ3) is 103. The first-order valence-electron chi connectivity index (χ1n) is 3.44. The third-order valence-electron chi connectivity index (χ3n) is 0.535. The molecule has 0 unspecified atom stereocenters. The molecule has 0 aromatic carbocycles. The molecule has 0 aliphatic rings. The van der Waals surface area contributed by atoms with Crippen molar-refractivity contribution < 1.29 is 161 Å². The maximum Gasteiger partial charge on any atom is 1.00 e. The van der Waals surface area contributed by atoms with Crippen molar-refractivity contribution in [3.8, 4) is 0 Å². The maximum atomic E-state index is 4.42. The van der Waals surface area contributed by atoms with Gasteiger partial charge in [-0.2, -0.15) is 6.92 Å². The Bertz CT molecular complexity index is 53.5. The van der Waals surface area contributed by atoms with E-state index in [0.717, 1.165) is 0 Å². The maximum absolute atomic E-state index is 4.42. The van der Waals surface area contributed by atoms with E-state index >= 15 is 0 Å². The molecule has 0 aliphatic carbocycles. The predicted octanol–water partition coefficient (Wildman–Crippen LogP) is -2.57. The van der Waals surface area contributed by atoms with Gasteiger partial charge >= 0.3 is 116 Å². The Morgan fingerprint density at radius 3 is 1.29 bits per heavy atom. The van der Waals surface area contributed by atoms with E-state index in [1.807, 2.05) is 13.8 Å². The Morgan fingerprint density at radius 1 is 1.12 bits per heavy atom. The van der Waals surface area contributed by atoms with Crippen molar-refractivity contribution in [3.63, 3.8) is 0 Å². The number of hydroxylamine groups is 2. The molecule has 0 aromatic rings. The molecule has 0 saturated carbocycles. The van der Waals surface area contributed by atoms with Gasteiger partial charge in [0.2, 0.25) is 0 Å². The molecule has 0 saturated heterocycles. The van der Waals surface area contributed by atoms with Crippen molar-refractivity contribution in [1.29, 1.82) is 0 Å². The largest absolute Gasteiger partial charge is 1.00 e. The van der Waals surface area contributed by atoms with Crippen LogP contribution in [0.3, 0.4) is 0 Å². The minimum atomic E-state index is 0. The Kier molecular flexibility index (Phi) is 371. The fourth-order valence-electron chi connectivity index (χ4n) is 0.0645. The van der Waals surface area contributed by atoms with Crippen LogP contribution < -0.4 is 116 Å². The molecule has 0 aromatic heterocycles. The van der Waals surface area contributed by atoms with Crippen LogP contribution >= 0.6 is 0 Å². The van der Waals surface area contributed by atoms with E-state index in [-0.39, 0.29) is 171 Å². The van der Waals surface area contributed by atoms with Crippen LogP contribution in [-0.2, 0) is 44.7 Å². The van der Waals surface area contributed by atoms with Crippen molar-refractivity contribution in [2.24, 2.45) is 0 Å². The molecular weight excluding hydrogens is 877 g/mol. The molecule has 0 N–H and O–H groups in total. The molecule has 0 bridgehead atoms. The van der Waals surface area contributed by atoms with Gasteiger partial charge in [-0.3, -0.25) is 5.06 Å². The van der Waals surface area contributed by atoms with Gasteiger partial charge in [-0.05, 0) is 0 Å². The van der Waals surface area contributed by atoms with Gasteiger partial charge in [0.1, 0.15) is 0 Å². The summed E-state index contributed by atoms with van der Waals surface area (Å²) in [5, 5.41) is 1.53. The summed E-state index contributed by atoms with van der Waals surface area (Å²) in [6.45, 7) is 13.1. The summed E-state index contributed by atoms with van der Waals surface area (Å²) in [5.74, 6) is 0. The smallest absolute Gasteiger partial charge is 0.478 e. The summed E-state index contributed by atoms with van der Waals surface area (Å²) in [7, 11) is 4.91. The van der Waals surface area contributed by atoms with Crippen LogP contribution in [0.4, 0.5) is 0 Å². The zero-order chi connectivity index (χ0) is 8.99. The molecule has 0 fully saturated rings. The Balaban J connectivity index is -0.00000000514.